The number of rotatable bonds is 7. The van der Waals surface area contributed by atoms with E-state index >= 15 is 0 Å². The molecule has 11 heteroatoms. The topological polar surface area (TPSA) is 129 Å². The lowest BCUT2D eigenvalue weighted by atomic mass is 10.1. The molecule has 0 spiro atoms. The zero-order chi connectivity index (χ0) is 29.1. The Morgan fingerprint density at radius 1 is 1.08 bits per heavy atom. The van der Waals surface area contributed by atoms with Gasteiger partial charge in [0.15, 0.2) is 0 Å². The Hall–Kier alpha value is -3.50. The largest absolute Gasteiger partial charge is 0.492 e. The van der Waals surface area contributed by atoms with Crippen molar-refractivity contribution in [3.05, 3.63) is 52.7 Å². The van der Waals surface area contributed by atoms with Gasteiger partial charge in [-0.25, -0.2) is 9.59 Å². The first-order chi connectivity index (χ1) is 18.0. The molecule has 0 bridgehead atoms. The quantitative estimate of drug-likeness (QED) is 0.351. The number of aryl methyl sites for hydroxylation is 1. The zero-order valence-electron chi connectivity index (χ0n) is 23.4. The van der Waals surface area contributed by atoms with E-state index in [4.69, 9.17) is 31.5 Å². The Kier molecular flexibility index (Phi) is 9.02. The number of hydrogen-bond acceptors (Lipinski definition) is 8. The summed E-state index contributed by atoms with van der Waals surface area (Å²) in [6, 6.07) is 10.1. The number of fused-ring (bicyclic) bond motifs is 1. The fraction of sp³-hybridized carbons (Fsp3) is 0.464. The summed E-state index contributed by atoms with van der Waals surface area (Å²) in [5.74, 6) is 0.474. The third-order valence-corrected chi connectivity index (χ3v) is 5.83. The zero-order valence-corrected chi connectivity index (χ0v) is 24.2. The molecule has 2 aromatic carbocycles. The Balaban J connectivity index is 1.76. The lowest BCUT2D eigenvalue weighted by molar-refractivity contribution is 0.0117. The van der Waals surface area contributed by atoms with Crippen LogP contribution in [0.4, 0.5) is 15.3 Å². The number of ether oxygens (including phenoxy) is 3. The minimum atomic E-state index is -1.03. The maximum atomic E-state index is 12.9. The van der Waals surface area contributed by atoms with Crippen molar-refractivity contribution in [2.24, 2.45) is 0 Å². The number of anilines is 1. The summed E-state index contributed by atoms with van der Waals surface area (Å²) in [6.45, 7) is 12.6. The average Bonchev–Trinajstić information content (AvgIpc) is 3.14. The smallest absolute Gasteiger partial charge is 0.435 e. The third kappa shape index (κ3) is 8.24. The van der Waals surface area contributed by atoms with E-state index in [0.717, 1.165) is 5.39 Å². The van der Waals surface area contributed by atoms with Crippen molar-refractivity contribution in [3.8, 4) is 5.75 Å². The summed E-state index contributed by atoms with van der Waals surface area (Å²) in [5, 5.41) is 16.3. The Morgan fingerprint density at radius 2 is 1.74 bits per heavy atom. The molecule has 3 rings (SSSR count). The van der Waals surface area contributed by atoms with Crippen LogP contribution >= 0.6 is 11.6 Å². The maximum Gasteiger partial charge on any atom is 0.435 e. The SMILES string of the molecule is Cc1nn(C(=O)OC(C)(C)C)c2cc(OCCN(CC(O)c3ccc(Cl)c(N)c3)C(=O)OC(C)(C)C)ccc12. The van der Waals surface area contributed by atoms with Crippen molar-refractivity contribution in [1.29, 1.82) is 0 Å². The molecule has 0 aliphatic heterocycles. The number of amides is 1. The molecule has 0 fully saturated rings. The van der Waals surface area contributed by atoms with Gasteiger partial charge in [0.05, 0.1) is 41.1 Å². The van der Waals surface area contributed by atoms with E-state index in [1.165, 1.54) is 9.58 Å². The fourth-order valence-corrected chi connectivity index (χ4v) is 3.84. The molecule has 212 valence electrons. The van der Waals surface area contributed by atoms with Gasteiger partial charge in [-0.15, -0.1) is 0 Å². The van der Waals surface area contributed by atoms with E-state index in [-0.39, 0.29) is 19.7 Å². The van der Waals surface area contributed by atoms with Crippen LogP contribution in [0.3, 0.4) is 0 Å². The number of nitrogens with two attached hydrogens (primary N) is 1. The molecule has 39 heavy (non-hydrogen) atoms. The van der Waals surface area contributed by atoms with Gasteiger partial charge in [0.25, 0.3) is 0 Å². The summed E-state index contributed by atoms with van der Waals surface area (Å²) >= 11 is 6.00. The predicted octanol–water partition coefficient (Wildman–Crippen LogP) is 5.71. The molecule has 3 aromatic rings. The van der Waals surface area contributed by atoms with Gasteiger partial charge in [0, 0.05) is 11.5 Å². The highest BCUT2D eigenvalue weighted by Crippen LogP contribution is 2.26. The number of aromatic nitrogens is 2. The van der Waals surface area contributed by atoms with E-state index in [2.05, 4.69) is 5.10 Å². The standard InChI is InChI=1S/C28H37ClN4O6/c1-17-20-10-9-19(15-23(20)33(31-17)26(36)39-28(5,6)7)37-13-12-32(25(35)38-27(2,3)4)16-24(34)18-8-11-21(29)22(30)14-18/h8-11,14-15,24,34H,12-13,16,30H2,1-7H3. The van der Waals surface area contributed by atoms with E-state index in [9.17, 15) is 14.7 Å². The fourth-order valence-electron chi connectivity index (χ4n) is 3.73. The monoisotopic (exact) mass is 560 g/mol. The number of benzene rings is 2. The summed E-state index contributed by atoms with van der Waals surface area (Å²) in [6.07, 6.45) is -2.22. The van der Waals surface area contributed by atoms with Gasteiger partial charge in [-0.05, 0) is 78.3 Å². The number of carbonyl (C=O) groups excluding carboxylic acids is 2. The Bertz CT molecular complexity index is 1340. The third-order valence-electron chi connectivity index (χ3n) is 5.48. The molecule has 0 aliphatic rings. The second-order valence-electron chi connectivity index (χ2n) is 11.2. The van der Waals surface area contributed by atoms with Crippen LogP contribution in [0.15, 0.2) is 36.4 Å². The molecule has 1 aromatic heterocycles. The van der Waals surface area contributed by atoms with E-state index in [0.29, 0.717) is 33.2 Å². The summed E-state index contributed by atoms with van der Waals surface area (Å²) in [4.78, 5) is 27.0. The first-order valence-corrected chi connectivity index (χ1v) is 13.0. The van der Waals surface area contributed by atoms with Crippen LogP contribution in [0.2, 0.25) is 5.02 Å². The van der Waals surface area contributed by atoms with Crippen molar-refractivity contribution in [3.63, 3.8) is 0 Å². The van der Waals surface area contributed by atoms with Crippen LogP contribution in [0.5, 0.6) is 5.75 Å². The van der Waals surface area contributed by atoms with Crippen molar-refractivity contribution >= 4 is 40.4 Å². The van der Waals surface area contributed by atoms with E-state index < -0.39 is 29.5 Å². The van der Waals surface area contributed by atoms with Crippen LogP contribution in [0, 0.1) is 6.92 Å². The molecule has 0 aliphatic carbocycles. The number of hydrogen-bond donors (Lipinski definition) is 2. The van der Waals surface area contributed by atoms with Gasteiger partial charge in [-0.1, -0.05) is 17.7 Å². The van der Waals surface area contributed by atoms with E-state index in [1.807, 2.05) is 13.0 Å². The van der Waals surface area contributed by atoms with E-state index in [1.54, 1.807) is 71.9 Å². The van der Waals surface area contributed by atoms with Crippen LogP contribution in [0.25, 0.3) is 10.9 Å². The van der Waals surface area contributed by atoms with Gasteiger partial charge in [-0.2, -0.15) is 9.78 Å². The van der Waals surface area contributed by atoms with Crippen molar-refractivity contribution in [2.45, 2.75) is 65.8 Å². The molecule has 3 N–H and O–H groups in total. The average molecular weight is 561 g/mol. The normalized spacial score (nSPS) is 12.7. The molecule has 1 amide bonds. The second-order valence-corrected chi connectivity index (χ2v) is 11.6. The van der Waals surface area contributed by atoms with Crippen LogP contribution in [0.1, 0.15) is 58.9 Å². The lowest BCUT2D eigenvalue weighted by Gasteiger charge is -2.29. The molecule has 0 saturated carbocycles. The molecule has 10 nitrogen and oxygen atoms in total. The van der Waals surface area contributed by atoms with Gasteiger partial charge >= 0.3 is 12.2 Å². The number of nitrogen functional groups attached to an aromatic ring is 1. The molecular weight excluding hydrogens is 524 g/mol. The molecule has 0 saturated heterocycles. The number of carbonyl (C=O) groups is 2. The van der Waals surface area contributed by atoms with Crippen LogP contribution < -0.4 is 10.5 Å². The maximum absolute atomic E-state index is 12.9. The van der Waals surface area contributed by atoms with Gasteiger partial charge in [0.1, 0.15) is 23.6 Å². The minimum Gasteiger partial charge on any atom is -0.492 e. The highest BCUT2D eigenvalue weighted by atomic mass is 35.5. The molecular formula is C28H37ClN4O6. The van der Waals surface area contributed by atoms with Crippen LogP contribution in [-0.4, -0.2) is 62.9 Å². The number of aliphatic hydroxyl groups is 1. The van der Waals surface area contributed by atoms with Crippen molar-refractivity contribution in [1.82, 2.24) is 14.7 Å². The second kappa shape index (κ2) is 11.7. The first-order valence-electron chi connectivity index (χ1n) is 12.6. The minimum absolute atomic E-state index is 0.0526. The lowest BCUT2D eigenvalue weighted by Crippen LogP contribution is -2.41. The van der Waals surface area contributed by atoms with Crippen molar-refractivity contribution in [2.75, 3.05) is 25.4 Å². The Labute approximate surface area is 233 Å². The van der Waals surface area contributed by atoms with Gasteiger partial charge < -0.3 is 30.0 Å². The molecule has 0 radical (unpaired) electrons. The number of halogens is 1. The first kappa shape index (κ1) is 30.0. The predicted molar refractivity (Wildman–Crippen MR) is 150 cm³/mol. The number of nitrogens with zero attached hydrogens (tertiary/aromatic N) is 3. The summed E-state index contributed by atoms with van der Waals surface area (Å²) in [5.41, 5.74) is 6.53. The molecule has 1 atom stereocenters. The highest BCUT2D eigenvalue weighted by molar-refractivity contribution is 6.33. The highest BCUT2D eigenvalue weighted by Gasteiger charge is 2.25. The van der Waals surface area contributed by atoms with Gasteiger partial charge in [0.2, 0.25) is 0 Å². The summed E-state index contributed by atoms with van der Waals surface area (Å²) < 4.78 is 18.2. The molecule has 1 heterocycles. The van der Waals surface area contributed by atoms with Crippen molar-refractivity contribution < 1.29 is 28.9 Å². The molecule has 1 unspecified atom stereocenters. The van der Waals surface area contributed by atoms with Crippen LogP contribution in [-0.2, 0) is 9.47 Å². The Morgan fingerprint density at radius 3 is 2.36 bits per heavy atom. The number of aliphatic hydroxyl groups excluding tert-OH is 1. The summed E-state index contributed by atoms with van der Waals surface area (Å²) in [7, 11) is 0. The van der Waals surface area contributed by atoms with Gasteiger partial charge in [-0.3, -0.25) is 0 Å².